The molecule has 3 N–H and O–H groups in total. The largest absolute Gasteiger partial charge is 0.452 e. The third-order valence-corrected chi connectivity index (χ3v) is 6.59. The van der Waals surface area contributed by atoms with Crippen molar-refractivity contribution in [1.82, 2.24) is 14.3 Å². The number of H-pyrrole nitrogens is 1. The molecule has 4 rings (SSSR count). The van der Waals surface area contributed by atoms with Crippen molar-refractivity contribution in [2.45, 2.75) is 24.7 Å². The molecule has 0 aliphatic carbocycles. The Hall–Kier alpha value is -4.19. The summed E-state index contributed by atoms with van der Waals surface area (Å²) in [5.41, 5.74) is 1.43. The summed E-state index contributed by atoms with van der Waals surface area (Å²) in [6, 6.07) is 11.9. The second-order valence-corrected chi connectivity index (χ2v) is 9.49. The Kier molecular flexibility index (Phi) is 6.82. The maximum absolute atomic E-state index is 12.5. The molecule has 0 saturated heterocycles. The average Bonchev–Trinajstić information content (AvgIpc) is 3.46. The Morgan fingerprint density at radius 2 is 1.94 bits per heavy atom. The number of carbonyl (C=O) groups excluding carboxylic acids is 2. The molecule has 2 aromatic carbocycles. The van der Waals surface area contributed by atoms with Crippen LogP contribution in [0.5, 0.6) is 0 Å². The number of carbonyl (C=O) groups is 2. The molecule has 2 heterocycles. The summed E-state index contributed by atoms with van der Waals surface area (Å²) in [6.45, 7) is 1.79. The predicted octanol–water partition coefficient (Wildman–Crippen LogP) is 1.74. The number of aromatic nitrogens is 2. The van der Waals surface area contributed by atoms with Crippen LogP contribution in [0, 0.1) is 6.92 Å². The maximum atomic E-state index is 12.5. The number of sulfonamides is 1. The lowest BCUT2D eigenvalue weighted by Gasteiger charge is -2.10. The molecule has 0 fully saturated rings. The van der Waals surface area contributed by atoms with E-state index in [2.05, 4.69) is 20.0 Å². The number of aromatic amines is 1. The third-order valence-electron chi connectivity index (χ3n) is 5.21. The first-order chi connectivity index (χ1) is 16.7. The summed E-state index contributed by atoms with van der Waals surface area (Å²) in [5, 5.41) is 2.51. The lowest BCUT2D eigenvalue weighted by Crippen LogP contribution is -2.29. The van der Waals surface area contributed by atoms with Crippen molar-refractivity contribution in [3.05, 3.63) is 76.5 Å². The van der Waals surface area contributed by atoms with Gasteiger partial charge in [-0.2, -0.15) is 0 Å². The van der Waals surface area contributed by atoms with Crippen LogP contribution < -0.4 is 15.7 Å². The van der Waals surface area contributed by atoms with E-state index in [9.17, 15) is 22.8 Å². The van der Waals surface area contributed by atoms with Crippen molar-refractivity contribution in [3.63, 3.8) is 0 Å². The fraction of sp³-hybridized carbons (Fsp3) is 0.217. The van der Waals surface area contributed by atoms with Crippen LogP contribution in [0.3, 0.4) is 0 Å². The standard InChI is InChI=1S/C23H23N5O6S/c1-15-13-25-23(31)28(15)18-9-7-16(8-10-18)22(30)34-14-21(29)26-17-4-2-5-19(12-17)35(32,33)27-20-6-3-11-24-20/h2,4-5,7-10,12-13H,3,6,11,14H2,1H3,(H,24,27)(H,25,31)(H,26,29). The molecular formula is C23H23N5O6S. The molecule has 0 spiro atoms. The van der Waals surface area contributed by atoms with Gasteiger partial charge in [0, 0.05) is 30.5 Å². The molecule has 0 atom stereocenters. The Morgan fingerprint density at radius 1 is 1.17 bits per heavy atom. The third kappa shape index (κ3) is 5.66. The van der Waals surface area contributed by atoms with Crippen molar-refractivity contribution in [2.75, 3.05) is 18.5 Å². The number of benzene rings is 2. The first-order valence-corrected chi connectivity index (χ1v) is 12.2. The Morgan fingerprint density at radius 3 is 2.60 bits per heavy atom. The normalized spacial score (nSPS) is 13.2. The molecule has 35 heavy (non-hydrogen) atoms. The quantitative estimate of drug-likeness (QED) is 0.423. The number of amides is 1. The Balaban J connectivity index is 1.34. The monoisotopic (exact) mass is 497 g/mol. The van der Waals surface area contributed by atoms with E-state index in [0.29, 0.717) is 30.2 Å². The molecule has 1 aliphatic rings. The minimum absolute atomic E-state index is 0.0289. The molecule has 3 aromatic rings. The molecule has 0 radical (unpaired) electrons. The second-order valence-electron chi connectivity index (χ2n) is 7.81. The van der Waals surface area contributed by atoms with Crippen LogP contribution in [-0.4, -0.2) is 48.8 Å². The van der Waals surface area contributed by atoms with Crippen LogP contribution in [0.1, 0.15) is 28.9 Å². The maximum Gasteiger partial charge on any atom is 0.338 e. The van der Waals surface area contributed by atoms with Gasteiger partial charge in [0.2, 0.25) is 0 Å². The highest BCUT2D eigenvalue weighted by molar-refractivity contribution is 7.90. The van der Waals surface area contributed by atoms with E-state index < -0.39 is 28.5 Å². The van der Waals surface area contributed by atoms with Gasteiger partial charge in [0.15, 0.2) is 6.61 Å². The van der Waals surface area contributed by atoms with E-state index in [1.165, 1.54) is 41.0 Å². The van der Waals surface area contributed by atoms with Gasteiger partial charge in [-0.25, -0.2) is 18.0 Å². The van der Waals surface area contributed by atoms with E-state index in [4.69, 9.17) is 4.74 Å². The zero-order chi connectivity index (χ0) is 25.0. The number of nitrogens with zero attached hydrogens (tertiary/aromatic N) is 2. The minimum atomic E-state index is -3.83. The number of hydrogen-bond acceptors (Lipinski definition) is 7. The number of rotatable bonds is 7. The van der Waals surface area contributed by atoms with Crippen LogP contribution >= 0.6 is 0 Å². The highest BCUT2D eigenvalue weighted by atomic mass is 32.2. The number of anilines is 1. The SMILES string of the molecule is Cc1c[nH]c(=O)n1-c1ccc(C(=O)OCC(=O)Nc2cccc(S(=O)(=O)NC3=NCCC3)c2)cc1. The first-order valence-electron chi connectivity index (χ1n) is 10.7. The molecule has 0 saturated carbocycles. The van der Waals surface area contributed by atoms with Gasteiger partial charge in [0.25, 0.3) is 15.9 Å². The van der Waals surface area contributed by atoms with Crippen molar-refractivity contribution in [2.24, 2.45) is 4.99 Å². The molecule has 0 bridgehead atoms. The molecule has 1 aromatic heterocycles. The van der Waals surface area contributed by atoms with Gasteiger partial charge in [-0.3, -0.25) is 19.1 Å². The number of nitrogens with one attached hydrogen (secondary N) is 3. The fourth-order valence-corrected chi connectivity index (χ4v) is 4.65. The highest BCUT2D eigenvalue weighted by Crippen LogP contribution is 2.17. The summed E-state index contributed by atoms with van der Waals surface area (Å²) in [5.74, 6) is -0.940. The smallest absolute Gasteiger partial charge is 0.338 e. The molecule has 12 heteroatoms. The zero-order valence-electron chi connectivity index (χ0n) is 18.8. The number of hydrogen-bond donors (Lipinski definition) is 3. The van der Waals surface area contributed by atoms with Gasteiger partial charge in [0.1, 0.15) is 5.84 Å². The second kappa shape index (κ2) is 9.97. The lowest BCUT2D eigenvalue weighted by atomic mass is 10.2. The predicted molar refractivity (Wildman–Crippen MR) is 128 cm³/mol. The lowest BCUT2D eigenvalue weighted by molar-refractivity contribution is -0.119. The highest BCUT2D eigenvalue weighted by Gasteiger charge is 2.19. The molecule has 182 valence electrons. The van der Waals surface area contributed by atoms with Crippen LogP contribution in [0.25, 0.3) is 5.69 Å². The van der Waals surface area contributed by atoms with Crippen LogP contribution in [0.15, 0.2) is 69.4 Å². The van der Waals surface area contributed by atoms with Crippen molar-refractivity contribution in [3.8, 4) is 5.69 Å². The molecule has 1 aliphatic heterocycles. The van der Waals surface area contributed by atoms with E-state index in [-0.39, 0.29) is 21.8 Å². The molecule has 1 amide bonds. The molecule has 0 unspecified atom stereocenters. The number of ether oxygens (including phenoxy) is 1. The van der Waals surface area contributed by atoms with E-state index >= 15 is 0 Å². The van der Waals surface area contributed by atoms with Gasteiger partial charge >= 0.3 is 11.7 Å². The summed E-state index contributed by atoms with van der Waals surface area (Å²) >= 11 is 0. The zero-order valence-corrected chi connectivity index (χ0v) is 19.6. The van der Waals surface area contributed by atoms with E-state index in [1.54, 1.807) is 25.3 Å². The van der Waals surface area contributed by atoms with Crippen LogP contribution in [0.4, 0.5) is 5.69 Å². The van der Waals surface area contributed by atoms with E-state index in [0.717, 1.165) is 6.42 Å². The van der Waals surface area contributed by atoms with Gasteiger partial charge in [-0.05, 0) is 55.8 Å². The number of imidazole rings is 1. The van der Waals surface area contributed by atoms with Crippen molar-refractivity contribution >= 4 is 33.4 Å². The van der Waals surface area contributed by atoms with Crippen LogP contribution in [-0.2, 0) is 19.6 Å². The summed E-state index contributed by atoms with van der Waals surface area (Å²) in [6.07, 6.45) is 2.94. The minimum Gasteiger partial charge on any atom is -0.452 e. The number of esters is 1. The number of aryl methyl sites for hydroxylation is 1. The Bertz CT molecular complexity index is 1450. The van der Waals surface area contributed by atoms with Crippen LogP contribution in [0.2, 0.25) is 0 Å². The van der Waals surface area contributed by atoms with Gasteiger partial charge in [-0.15, -0.1) is 0 Å². The van der Waals surface area contributed by atoms with Gasteiger partial charge in [0.05, 0.1) is 16.1 Å². The first kappa shape index (κ1) is 24.0. The summed E-state index contributed by atoms with van der Waals surface area (Å²) in [4.78, 5) is 43.1. The van der Waals surface area contributed by atoms with Crippen molar-refractivity contribution in [1.29, 1.82) is 0 Å². The average molecular weight is 498 g/mol. The van der Waals surface area contributed by atoms with Gasteiger partial charge < -0.3 is 15.0 Å². The Labute approximate surface area is 200 Å². The topological polar surface area (TPSA) is 152 Å². The molecular weight excluding hydrogens is 474 g/mol. The summed E-state index contributed by atoms with van der Waals surface area (Å²) < 4.78 is 34.0. The molecule has 11 nitrogen and oxygen atoms in total. The van der Waals surface area contributed by atoms with Gasteiger partial charge in [-0.1, -0.05) is 6.07 Å². The fourth-order valence-electron chi connectivity index (χ4n) is 3.51. The van der Waals surface area contributed by atoms with E-state index in [1.807, 2.05) is 0 Å². The number of amidine groups is 1. The van der Waals surface area contributed by atoms with Crippen molar-refractivity contribution < 1.29 is 22.7 Å². The number of aliphatic imine (C=N–C) groups is 1. The summed E-state index contributed by atoms with van der Waals surface area (Å²) in [7, 11) is -3.83.